The highest BCUT2D eigenvalue weighted by Crippen LogP contribution is 2.28. The van der Waals surface area contributed by atoms with Gasteiger partial charge in [0, 0.05) is 67.1 Å². The molecular formula is C18H24FN5. The van der Waals surface area contributed by atoms with E-state index in [2.05, 4.69) is 26.5 Å². The highest BCUT2D eigenvalue weighted by molar-refractivity contribution is 5.95. The maximum atomic E-state index is 13.3. The van der Waals surface area contributed by atoms with Gasteiger partial charge in [-0.2, -0.15) is 5.10 Å². The largest absolute Gasteiger partial charge is 0.360 e. The highest BCUT2D eigenvalue weighted by Gasteiger charge is 2.11. The van der Waals surface area contributed by atoms with Gasteiger partial charge in [-0.3, -0.25) is 9.58 Å². The van der Waals surface area contributed by atoms with E-state index in [1.165, 1.54) is 12.1 Å². The van der Waals surface area contributed by atoms with Gasteiger partial charge in [0.1, 0.15) is 5.82 Å². The van der Waals surface area contributed by atoms with Crippen LogP contribution in [0.1, 0.15) is 7.43 Å². The van der Waals surface area contributed by atoms with Crippen LogP contribution in [0.5, 0.6) is 0 Å². The second kappa shape index (κ2) is 7.15. The fourth-order valence-electron chi connectivity index (χ4n) is 3.14. The van der Waals surface area contributed by atoms with Crippen molar-refractivity contribution in [1.82, 2.24) is 25.0 Å². The lowest BCUT2D eigenvalue weighted by molar-refractivity contribution is 0.229. The van der Waals surface area contributed by atoms with E-state index in [9.17, 15) is 4.39 Å². The Balaban J connectivity index is 0.00000169. The number of halogens is 1. The van der Waals surface area contributed by atoms with Gasteiger partial charge in [0.05, 0.1) is 12.7 Å². The lowest BCUT2D eigenvalue weighted by atomic mass is 10.1. The minimum atomic E-state index is -0.224. The topological polar surface area (TPSA) is 48.9 Å². The van der Waals surface area contributed by atoms with E-state index in [0.29, 0.717) is 0 Å². The maximum absolute atomic E-state index is 13.3. The first-order chi connectivity index (χ1) is 11.3. The Kier molecular flexibility index (Phi) is 4.97. The standard InChI is InChI=1S/C17H20FN5.CH4/c18-14-1-2-15-16(11-20-17(15)9-14)13-10-21-23(12-13)8-7-22-5-3-19-4-6-22;/h1-2,9-12,19-20H,3-8H2;1H4. The van der Waals surface area contributed by atoms with Crippen LogP contribution in [-0.2, 0) is 6.54 Å². The molecule has 6 heteroatoms. The summed E-state index contributed by atoms with van der Waals surface area (Å²) in [7, 11) is 0. The molecule has 0 atom stereocenters. The van der Waals surface area contributed by atoms with Crippen LogP contribution >= 0.6 is 0 Å². The number of fused-ring (bicyclic) bond motifs is 1. The Morgan fingerprint density at radius 2 is 2.00 bits per heavy atom. The number of H-pyrrole nitrogens is 1. The summed E-state index contributed by atoms with van der Waals surface area (Å²) in [5.74, 6) is -0.224. The molecule has 4 rings (SSSR count). The summed E-state index contributed by atoms with van der Waals surface area (Å²) in [5, 5.41) is 8.85. The number of hydrogen-bond donors (Lipinski definition) is 2. The normalized spacial score (nSPS) is 15.5. The second-order valence-corrected chi connectivity index (χ2v) is 5.98. The van der Waals surface area contributed by atoms with Crippen LogP contribution in [0, 0.1) is 5.82 Å². The minimum absolute atomic E-state index is 0. The third-order valence-electron chi connectivity index (χ3n) is 4.44. The summed E-state index contributed by atoms with van der Waals surface area (Å²) >= 11 is 0. The van der Waals surface area contributed by atoms with Gasteiger partial charge in [-0.25, -0.2) is 4.39 Å². The van der Waals surface area contributed by atoms with Crippen LogP contribution in [-0.4, -0.2) is 52.4 Å². The zero-order valence-electron chi connectivity index (χ0n) is 12.9. The Hall–Kier alpha value is -2.18. The van der Waals surface area contributed by atoms with E-state index in [1.807, 2.05) is 23.1 Å². The molecule has 3 heterocycles. The van der Waals surface area contributed by atoms with Gasteiger partial charge in [-0.15, -0.1) is 0 Å². The number of nitrogens with one attached hydrogen (secondary N) is 2. The van der Waals surface area contributed by atoms with Gasteiger partial charge in [0.25, 0.3) is 0 Å². The summed E-state index contributed by atoms with van der Waals surface area (Å²) in [5.41, 5.74) is 2.94. The molecule has 1 aliphatic heterocycles. The van der Waals surface area contributed by atoms with Crippen LogP contribution in [0.2, 0.25) is 0 Å². The van der Waals surface area contributed by atoms with E-state index < -0.39 is 0 Å². The molecule has 0 amide bonds. The van der Waals surface area contributed by atoms with Crippen molar-refractivity contribution in [3.63, 3.8) is 0 Å². The van der Waals surface area contributed by atoms with Crippen LogP contribution in [0.3, 0.4) is 0 Å². The average molecular weight is 329 g/mol. The fraction of sp³-hybridized carbons (Fsp3) is 0.389. The molecule has 2 aromatic heterocycles. The molecule has 0 bridgehead atoms. The molecule has 0 spiro atoms. The van der Waals surface area contributed by atoms with Crippen molar-refractivity contribution in [2.45, 2.75) is 14.0 Å². The van der Waals surface area contributed by atoms with Crippen molar-refractivity contribution >= 4 is 10.9 Å². The van der Waals surface area contributed by atoms with Gasteiger partial charge >= 0.3 is 0 Å². The first-order valence-electron chi connectivity index (χ1n) is 8.02. The number of nitrogens with zero attached hydrogens (tertiary/aromatic N) is 3. The summed E-state index contributed by atoms with van der Waals surface area (Å²) in [6, 6.07) is 4.83. The van der Waals surface area contributed by atoms with Crippen molar-refractivity contribution in [2.75, 3.05) is 32.7 Å². The molecule has 0 saturated carbocycles. The Bertz CT molecular complexity index is 801. The van der Waals surface area contributed by atoms with E-state index in [1.54, 1.807) is 0 Å². The average Bonchev–Trinajstić information content (AvgIpc) is 3.20. The molecule has 3 aromatic rings. The molecular weight excluding hydrogens is 305 g/mol. The molecule has 0 unspecified atom stereocenters. The molecule has 2 N–H and O–H groups in total. The summed E-state index contributed by atoms with van der Waals surface area (Å²) in [6.45, 7) is 6.23. The van der Waals surface area contributed by atoms with Gasteiger partial charge in [-0.1, -0.05) is 7.43 Å². The lowest BCUT2D eigenvalue weighted by Gasteiger charge is -2.26. The van der Waals surface area contributed by atoms with Gasteiger partial charge in [-0.05, 0) is 18.2 Å². The summed E-state index contributed by atoms with van der Waals surface area (Å²) in [4.78, 5) is 5.58. The molecule has 1 aromatic carbocycles. The van der Waals surface area contributed by atoms with E-state index in [4.69, 9.17) is 0 Å². The van der Waals surface area contributed by atoms with Crippen molar-refractivity contribution in [3.8, 4) is 11.1 Å². The molecule has 1 aliphatic rings. The zero-order chi connectivity index (χ0) is 15.6. The summed E-state index contributed by atoms with van der Waals surface area (Å²) in [6.07, 6.45) is 5.86. The van der Waals surface area contributed by atoms with Crippen LogP contribution in [0.4, 0.5) is 4.39 Å². The third kappa shape index (κ3) is 3.34. The number of hydrogen-bond acceptors (Lipinski definition) is 3. The Labute approximate surface area is 141 Å². The molecule has 0 radical (unpaired) electrons. The van der Waals surface area contributed by atoms with E-state index in [-0.39, 0.29) is 13.2 Å². The van der Waals surface area contributed by atoms with Crippen molar-refractivity contribution in [3.05, 3.63) is 42.6 Å². The zero-order valence-corrected chi connectivity index (χ0v) is 12.9. The Morgan fingerprint density at radius 3 is 2.83 bits per heavy atom. The molecule has 5 nitrogen and oxygen atoms in total. The number of aromatic amines is 1. The number of piperazine rings is 1. The quantitative estimate of drug-likeness (QED) is 0.774. The number of aromatic nitrogens is 3. The molecule has 24 heavy (non-hydrogen) atoms. The van der Waals surface area contributed by atoms with Crippen molar-refractivity contribution < 1.29 is 4.39 Å². The summed E-state index contributed by atoms with van der Waals surface area (Å²) < 4.78 is 15.3. The van der Waals surface area contributed by atoms with Gasteiger partial charge in [0.2, 0.25) is 0 Å². The Morgan fingerprint density at radius 1 is 1.17 bits per heavy atom. The minimum Gasteiger partial charge on any atom is -0.360 e. The SMILES string of the molecule is C.Fc1ccc2c(-c3cnn(CCN4CCNCC4)c3)c[nH]c2c1. The van der Waals surface area contributed by atoms with Crippen LogP contribution in [0.15, 0.2) is 36.8 Å². The molecule has 1 fully saturated rings. The van der Waals surface area contributed by atoms with Gasteiger partial charge in [0.15, 0.2) is 0 Å². The van der Waals surface area contributed by atoms with Crippen LogP contribution in [0.25, 0.3) is 22.0 Å². The maximum Gasteiger partial charge on any atom is 0.125 e. The number of benzene rings is 1. The number of rotatable bonds is 4. The predicted octanol–water partition coefficient (Wildman–Crippen LogP) is 2.71. The van der Waals surface area contributed by atoms with Crippen molar-refractivity contribution in [1.29, 1.82) is 0 Å². The predicted molar refractivity (Wildman–Crippen MR) is 95.5 cm³/mol. The first-order valence-corrected chi connectivity index (χ1v) is 8.02. The highest BCUT2D eigenvalue weighted by atomic mass is 19.1. The molecule has 128 valence electrons. The first kappa shape index (κ1) is 16.7. The third-order valence-corrected chi connectivity index (χ3v) is 4.44. The van der Waals surface area contributed by atoms with E-state index >= 15 is 0 Å². The molecule has 1 saturated heterocycles. The van der Waals surface area contributed by atoms with Crippen molar-refractivity contribution in [2.24, 2.45) is 0 Å². The second-order valence-electron chi connectivity index (χ2n) is 5.98. The fourth-order valence-corrected chi connectivity index (χ4v) is 3.14. The van der Waals surface area contributed by atoms with Gasteiger partial charge < -0.3 is 10.3 Å². The van der Waals surface area contributed by atoms with Crippen LogP contribution < -0.4 is 5.32 Å². The molecule has 0 aliphatic carbocycles. The lowest BCUT2D eigenvalue weighted by Crippen LogP contribution is -2.44. The smallest absolute Gasteiger partial charge is 0.125 e. The van der Waals surface area contributed by atoms with E-state index in [0.717, 1.165) is 61.3 Å². The monoisotopic (exact) mass is 329 g/mol.